The third-order valence-corrected chi connectivity index (χ3v) is 6.74. The Bertz CT molecular complexity index is 1480. The lowest BCUT2D eigenvalue weighted by Gasteiger charge is -2.34. The van der Waals surface area contributed by atoms with Crippen molar-refractivity contribution in [3.05, 3.63) is 88.3 Å². The van der Waals surface area contributed by atoms with Crippen LogP contribution in [0.3, 0.4) is 0 Å². The van der Waals surface area contributed by atoms with Gasteiger partial charge in [-0.1, -0.05) is 35.0 Å². The maximum atomic E-state index is 13.6. The van der Waals surface area contributed by atoms with Crippen LogP contribution in [0.1, 0.15) is 11.1 Å². The van der Waals surface area contributed by atoms with E-state index in [1.807, 2.05) is 12.1 Å². The van der Waals surface area contributed by atoms with Gasteiger partial charge in [0.05, 0.1) is 24.7 Å². The summed E-state index contributed by atoms with van der Waals surface area (Å²) in [7, 11) is -2.01. The number of nitrogens with one attached hydrogen (secondary N) is 1. The molecule has 4 aromatic rings. The van der Waals surface area contributed by atoms with Crippen LogP contribution in [0, 0.1) is 0 Å². The van der Waals surface area contributed by atoms with Gasteiger partial charge in [-0.15, -0.1) is 4.40 Å². The number of anilines is 1. The average Bonchev–Trinajstić information content (AvgIpc) is 2.82. The molecule has 10 heteroatoms. The summed E-state index contributed by atoms with van der Waals surface area (Å²) < 4.78 is 31.9. The molecule has 0 atom stereocenters. The number of ether oxygens (including phenoxy) is 1. The van der Waals surface area contributed by atoms with Gasteiger partial charge < -0.3 is 15.2 Å². The molecule has 0 aliphatic carbocycles. The van der Waals surface area contributed by atoms with Crippen molar-refractivity contribution in [2.75, 3.05) is 12.4 Å². The van der Waals surface area contributed by atoms with Crippen molar-refractivity contribution in [1.29, 1.82) is 0 Å². The van der Waals surface area contributed by atoms with E-state index in [0.29, 0.717) is 16.8 Å². The number of nitrogens with zero attached hydrogens (tertiary/aromatic N) is 3. The highest BCUT2D eigenvalue weighted by Gasteiger charge is 2.30. The molecule has 0 unspecified atom stereocenters. The Morgan fingerprint density at radius 2 is 1.91 bits per heavy atom. The molecule has 0 spiro atoms. The quantitative estimate of drug-likeness (QED) is 0.358. The SMILES string of the molecule is COc1cccc(Cn2c(=O)c(C3=NS(O)(O)c4ccccc4N3)c(O)c3cccnc32)c1. The van der Waals surface area contributed by atoms with Crippen molar-refractivity contribution in [3.8, 4) is 11.5 Å². The highest BCUT2D eigenvalue weighted by molar-refractivity contribution is 8.23. The third-order valence-electron chi connectivity index (χ3n) is 5.36. The zero-order valence-corrected chi connectivity index (χ0v) is 18.3. The maximum Gasteiger partial charge on any atom is 0.267 e. The fourth-order valence-electron chi connectivity index (χ4n) is 3.82. The molecule has 0 saturated heterocycles. The standard InChI is InChI=1S/C23H20N4O5S/c1-32-15-7-4-6-14(12-15)13-27-22-16(8-5-11-24-22)20(28)19(23(27)29)21-25-17-9-2-3-10-18(17)33(30,31)26-21/h2-12,28,30-31H,13H2,1H3,(H,25,26). The van der Waals surface area contributed by atoms with Crippen LogP contribution in [-0.4, -0.2) is 36.7 Å². The van der Waals surface area contributed by atoms with E-state index in [2.05, 4.69) is 14.7 Å². The van der Waals surface area contributed by atoms with Crippen LogP contribution in [0.25, 0.3) is 11.0 Å². The first-order valence-corrected chi connectivity index (χ1v) is 11.5. The molecule has 1 aliphatic rings. The van der Waals surface area contributed by atoms with E-state index in [0.717, 1.165) is 5.56 Å². The predicted molar refractivity (Wildman–Crippen MR) is 127 cm³/mol. The molecule has 2 aromatic heterocycles. The number of pyridine rings is 2. The number of benzene rings is 2. The summed E-state index contributed by atoms with van der Waals surface area (Å²) in [6.07, 6.45) is 1.53. The molecule has 0 amide bonds. The van der Waals surface area contributed by atoms with E-state index in [-0.39, 0.29) is 34.2 Å². The van der Waals surface area contributed by atoms with Gasteiger partial charge in [-0.2, -0.15) is 0 Å². The zero-order chi connectivity index (χ0) is 23.2. The van der Waals surface area contributed by atoms with Crippen LogP contribution in [-0.2, 0) is 6.54 Å². The topological polar surface area (TPSA) is 129 Å². The van der Waals surface area contributed by atoms with E-state index in [1.165, 1.54) is 10.8 Å². The Labute approximate surface area is 190 Å². The van der Waals surface area contributed by atoms with Crippen molar-refractivity contribution in [2.24, 2.45) is 4.40 Å². The van der Waals surface area contributed by atoms with Gasteiger partial charge in [-0.25, -0.2) is 4.98 Å². The van der Waals surface area contributed by atoms with Crippen LogP contribution in [0.4, 0.5) is 5.69 Å². The smallest absolute Gasteiger partial charge is 0.267 e. The molecule has 0 radical (unpaired) electrons. The van der Waals surface area contributed by atoms with Crippen molar-refractivity contribution >= 4 is 33.3 Å². The molecule has 0 bridgehead atoms. The molecule has 1 aliphatic heterocycles. The van der Waals surface area contributed by atoms with Gasteiger partial charge in [0.1, 0.15) is 27.6 Å². The fourth-order valence-corrected chi connectivity index (χ4v) is 4.99. The normalized spacial score (nSPS) is 15.3. The molecule has 4 N–H and O–H groups in total. The third kappa shape index (κ3) is 3.59. The molecule has 0 saturated carbocycles. The first-order valence-electron chi connectivity index (χ1n) is 9.97. The fraction of sp³-hybridized carbons (Fsp3) is 0.0870. The van der Waals surface area contributed by atoms with E-state index >= 15 is 0 Å². The van der Waals surface area contributed by atoms with Crippen LogP contribution in [0.15, 0.2) is 80.9 Å². The minimum Gasteiger partial charge on any atom is -0.506 e. The summed E-state index contributed by atoms with van der Waals surface area (Å²) in [6.45, 7) is 0.150. The van der Waals surface area contributed by atoms with Crippen LogP contribution in [0.2, 0.25) is 0 Å². The van der Waals surface area contributed by atoms with Crippen molar-refractivity contribution in [1.82, 2.24) is 9.55 Å². The van der Waals surface area contributed by atoms with Crippen molar-refractivity contribution in [3.63, 3.8) is 0 Å². The van der Waals surface area contributed by atoms with Crippen LogP contribution >= 0.6 is 10.8 Å². The summed E-state index contributed by atoms with van der Waals surface area (Å²) in [5.74, 6) is 0.174. The number of fused-ring (bicyclic) bond motifs is 2. The van der Waals surface area contributed by atoms with Gasteiger partial charge in [-0.3, -0.25) is 18.5 Å². The minimum absolute atomic E-state index is 0.124. The van der Waals surface area contributed by atoms with Crippen LogP contribution in [0.5, 0.6) is 11.5 Å². The largest absolute Gasteiger partial charge is 0.506 e. The summed E-state index contributed by atoms with van der Waals surface area (Å²) in [6, 6.07) is 17.1. The molecule has 9 nitrogen and oxygen atoms in total. The lowest BCUT2D eigenvalue weighted by atomic mass is 10.1. The molecule has 33 heavy (non-hydrogen) atoms. The summed E-state index contributed by atoms with van der Waals surface area (Å²) in [5, 5.41) is 14.3. The lowest BCUT2D eigenvalue weighted by molar-refractivity contribution is 0.414. The first-order chi connectivity index (χ1) is 15.9. The first kappa shape index (κ1) is 21.0. The second-order valence-electron chi connectivity index (χ2n) is 7.42. The van der Waals surface area contributed by atoms with Crippen LogP contribution < -0.4 is 15.6 Å². The Balaban J connectivity index is 1.73. The lowest BCUT2D eigenvalue weighted by Crippen LogP contribution is -2.32. The number of hydrogen-bond acceptors (Lipinski definition) is 8. The number of para-hydroxylation sites is 1. The highest BCUT2D eigenvalue weighted by Crippen LogP contribution is 2.55. The van der Waals surface area contributed by atoms with E-state index < -0.39 is 16.3 Å². The predicted octanol–water partition coefficient (Wildman–Crippen LogP) is 4.06. The minimum atomic E-state index is -3.57. The zero-order valence-electron chi connectivity index (χ0n) is 17.5. The van der Waals surface area contributed by atoms with E-state index in [1.54, 1.807) is 55.6 Å². The Hall–Kier alpha value is -3.86. The number of methoxy groups -OCH3 is 1. The number of amidine groups is 1. The second-order valence-corrected chi connectivity index (χ2v) is 9.08. The second kappa shape index (κ2) is 7.93. The van der Waals surface area contributed by atoms with Gasteiger partial charge in [0, 0.05) is 6.20 Å². The number of rotatable bonds is 4. The van der Waals surface area contributed by atoms with E-state index in [9.17, 15) is 19.0 Å². The number of hydrogen-bond donors (Lipinski definition) is 4. The summed E-state index contributed by atoms with van der Waals surface area (Å²) in [5.41, 5.74) is 0.713. The number of aromatic hydroxyl groups is 1. The molecule has 5 rings (SSSR count). The van der Waals surface area contributed by atoms with Gasteiger partial charge in [0.15, 0.2) is 5.84 Å². The van der Waals surface area contributed by atoms with Crippen molar-refractivity contribution < 1.29 is 18.9 Å². The molecule has 168 valence electrons. The molecule has 2 aromatic carbocycles. The number of aromatic nitrogens is 2. The summed E-state index contributed by atoms with van der Waals surface area (Å²) >= 11 is 0. The van der Waals surface area contributed by atoms with Gasteiger partial charge in [0.2, 0.25) is 0 Å². The van der Waals surface area contributed by atoms with Crippen molar-refractivity contribution in [2.45, 2.75) is 11.4 Å². The van der Waals surface area contributed by atoms with Gasteiger partial charge >= 0.3 is 0 Å². The summed E-state index contributed by atoms with van der Waals surface area (Å²) in [4.78, 5) is 18.2. The molecule has 3 heterocycles. The monoisotopic (exact) mass is 464 g/mol. The molecule has 0 fully saturated rings. The van der Waals surface area contributed by atoms with E-state index in [4.69, 9.17) is 4.74 Å². The Morgan fingerprint density at radius 3 is 2.73 bits per heavy atom. The Kier molecular flexibility index (Phi) is 5.05. The average molecular weight is 465 g/mol. The Morgan fingerprint density at radius 1 is 1.09 bits per heavy atom. The van der Waals surface area contributed by atoms with Gasteiger partial charge in [-0.05, 0) is 42.0 Å². The maximum absolute atomic E-state index is 13.6. The highest BCUT2D eigenvalue weighted by atomic mass is 32.3. The molecular weight excluding hydrogens is 444 g/mol. The molecular formula is C23H20N4O5S. The van der Waals surface area contributed by atoms with Gasteiger partial charge in [0.25, 0.3) is 5.56 Å².